The Bertz CT molecular complexity index is 566. The minimum Gasteiger partial charge on any atom is -0.294 e. The molecule has 0 saturated heterocycles. The molecule has 0 atom stereocenters. The van der Waals surface area contributed by atoms with Crippen molar-refractivity contribution in [2.45, 2.75) is 19.3 Å². The van der Waals surface area contributed by atoms with Crippen LogP contribution in [0.4, 0.5) is 0 Å². The van der Waals surface area contributed by atoms with Crippen LogP contribution in [-0.2, 0) is 6.42 Å². The summed E-state index contributed by atoms with van der Waals surface area (Å²) in [5, 5.41) is 0. The largest absolute Gasteiger partial charge is 0.294 e. The number of ketones is 1. The zero-order valence-corrected chi connectivity index (χ0v) is 9.26. The summed E-state index contributed by atoms with van der Waals surface area (Å²) in [7, 11) is 0. The SMILES string of the molecule is O=C1CCCc2nc(-c3ccccn3)ncc21. The maximum Gasteiger partial charge on any atom is 0.178 e. The van der Waals surface area contributed by atoms with Gasteiger partial charge in [-0.25, -0.2) is 9.97 Å². The minimum absolute atomic E-state index is 0.152. The number of nitrogens with zero attached hydrogens (tertiary/aromatic N) is 3. The van der Waals surface area contributed by atoms with Gasteiger partial charge in [-0.05, 0) is 25.0 Å². The van der Waals surface area contributed by atoms with Crippen molar-refractivity contribution >= 4 is 5.78 Å². The first-order valence-electron chi connectivity index (χ1n) is 5.65. The Morgan fingerprint density at radius 1 is 1.12 bits per heavy atom. The van der Waals surface area contributed by atoms with Crippen molar-refractivity contribution in [3.05, 3.63) is 41.9 Å². The van der Waals surface area contributed by atoms with Crippen molar-refractivity contribution in [1.29, 1.82) is 0 Å². The maximum atomic E-state index is 11.6. The number of fused-ring (bicyclic) bond motifs is 1. The molecule has 17 heavy (non-hydrogen) atoms. The van der Waals surface area contributed by atoms with E-state index < -0.39 is 0 Å². The topological polar surface area (TPSA) is 55.7 Å². The lowest BCUT2D eigenvalue weighted by Crippen LogP contribution is -2.13. The number of rotatable bonds is 1. The number of aromatic nitrogens is 3. The van der Waals surface area contributed by atoms with Gasteiger partial charge in [0, 0.05) is 18.8 Å². The second-order valence-corrected chi connectivity index (χ2v) is 4.05. The van der Waals surface area contributed by atoms with E-state index in [2.05, 4.69) is 15.0 Å². The zero-order valence-electron chi connectivity index (χ0n) is 9.26. The number of pyridine rings is 1. The number of carbonyl (C=O) groups is 1. The molecule has 1 aliphatic rings. The van der Waals surface area contributed by atoms with Gasteiger partial charge in [-0.3, -0.25) is 9.78 Å². The van der Waals surface area contributed by atoms with E-state index in [1.807, 2.05) is 18.2 Å². The predicted molar refractivity (Wildman–Crippen MR) is 62.5 cm³/mol. The van der Waals surface area contributed by atoms with Crippen molar-refractivity contribution in [2.75, 3.05) is 0 Å². The van der Waals surface area contributed by atoms with Crippen molar-refractivity contribution in [2.24, 2.45) is 0 Å². The second-order valence-electron chi connectivity index (χ2n) is 4.05. The number of carbonyl (C=O) groups excluding carboxylic acids is 1. The van der Waals surface area contributed by atoms with E-state index in [0.29, 0.717) is 17.8 Å². The van der Waals surface area contributed by atoms with Crippen LogP contribution in [0.15, 0.2) is 30.6 Å². The van der Waals surface area contributed by atoms with Gasteiger partial charge in [0.2, 0.25) is 0 Å². The van der Waals surface area contributed by atoms with Crippen LogP contribution in [0.5, 0.6) is 0 Å². The van der Waals surface area contributed by atoms with E-state index >= 15 is 0 Å². The number of Topliss-reactive ketones (excluding diaryl/α,β-unsaturated/α-hetero) is 1. The molecule has 0 aromatic carbocycles. The molecule has 84 valence electrons. The summed E-state index contributed by atoms with van der Waals surface area (Å²) in [4.78, 5) is 24.5. The quantitative estimate of drug-likeness (QED) is 0.745. The monoisotopic (exact) mass is 225 g/mol. The molecule has 0 aliphatic heterocycles. The van der Waals surface area contributed by atoms with Gasteiger partial charge >= 0.3 is 0 Å². The molecule has 0 spiro atoms. The molecular formula is C13H11N3O. The Balaban J connectivity index is 2.07. The molecule has 0 bridgehead atoms. The fraction of sp³-hybridized carbons (Fsp3) is 0.231. The molecule has 2 heterocycles. The number of hydrogen-bond acceptors (Lipinski definition) is 4. The normalized spacial score (nSPS) is 14.5. The van der Waals surface area contributed by atoms with E-state index in [4.69, 9.17) is 0 Å². The summed E-state index contributed by atoms with van der Waals surface area (Å²) in [5.74, 6) is 0.748. The third-order valence-corrected chi connectivity index (χ3v) is 2.88. The minimum atomic E-state index is 0.152. The average molecular weight is 225 g/mol. The van der Waals surface area contributed by atoms with Crippen LogP contribution in [0.2, 0.25) is 0 Å². The van der Waals surface area contributed by atoms with Crippen LogP contribution in [0.1, 0.15) is 28.9 Å². The molecule has 0 fully saturated rings. The second kappa shape index (κ2) is 4.05. The van der Waals surface area contributed by atoms with Crippen molar-refractivity contribution < 1.29 is 4.79 Å². The third kappa shape index (κ3) is 1.82. The highest BCUT2D eigenvalue weighted by Gasteiger charge is 2.19. The summed E-state index contributed by atoms with van der Waals surface area (Å²) < 4.78 is 0. The first kappa shape index (κ1) is 10.1. The van der Waals surface area contributed by atoms with E-state index in [-0.39, 0.29) is 5.78 Å². The van der Waals surface area contributed by atoms with Crippen LogP contribution in [0.3, 0.4) is 0 Å². The summed E-state index contributed by atoms with van der Waals surface area (Å²) in [6.07, 6.45) is 5.68. The molecular weight excluding hydrogens is 214 g/mol. The van der Waals surface area contributed by atoms with Gasteiger partial charge in [-0.1, -0.05) is 6.07 Å². The van der Waals surface area contributed by atoms with Crippen LogP contribution in [0.25, 0.3) is 11.5 Å². The van der Waals surface area contributed by atoms with Crippen LogP contribution < -0.4 is 0 Å². The Kier molecular flexibility index (Phi) is 2.40. The van der Waals surface area contributed by atoms with Crippen molar-refractivity contribution in [3.8, 4) is 11.5 Å². The fourth-order valence-corrected chi connectivity index (χ4v) is 2.01. The molecule has 0 unspecified atom stereocenters. The van der Waals surface area contributed by atoms with Crippen molar-refractivity contribution in [1.82, 2.24) is 15.0 Å². The lowest BCUT2D eigenvalue weighted by Gasteiger charge is -2.13. The Morgan fingerprint density at radius 2 is 2.06 bits per heavy atom. The highest BCUT2D eigenvalue weighted by molar-refractivity contribution is 5.97. The Hall–Kier alpha value is -2.10. The summed E-state index contributed by atoms with van der Waals surface area (Å²) in [6.45, 7) is 0. The highest BCUT2D eigenvalue weighted by atomic mass is 16.1. The number of hydrogen-bond donors (Lipinski definition) is 0. The van der Waals surface area contributed by atoms with E-state index in [9.17, 15) is 4.79 Å². The molecule has 0 radical (unpaired) electrons. The van der Waals surface area contributed by atoms with Crippen LogP contribution in [-0.4, -0.2) is 20.7 Å². The highest BCUT2D eigenvalue weighted by Crippen LogP contribution is 2.21. The summed E-state index contributed by atoms with van der Waals surface area (Å²) in [5.41, 5.74) is 2.28. The summed E-state index contributed by atoms with van der Waals surface area (Å²) >= 11 is 0. The molecule has 1 aliphatic carbocycles. The Labute approximate surface area is 98.8 Å². The van der Waals surface area contributed by atoms with E-state index in [1.165, 1.54) is 0 Å². The van der Waals surface area contributed by atoms with Gasteiger partial charge in [-0.15, -0.1) is 0 Å². The zero-order chi connectivity index (χ0) is 11.7. The molecule has 2 aromatic rings. The van der Waals surface area contributed by atoms with Gasteiger partial charge < -0.3 is 0 Å². The van der Waals surface area contributed by atoms with Crippen LogP contribution >= 0.6 is 0 Å². The summed E-state index contributed by atoms with van der Waals surface area (Å²) in [6, 6.07) is 5.62. The van der Waals surface area contributed by atoms with E-state index in [1.54, 1.807) is 12.4 Å². The molecule has 0 N–H and O–H groups in total. The predicted octanol–water partition coefficient (Wildman–Crippen LogP) is 2.06. The lowest BCUT2D eigenvalue weighted by molar-refractivity contribution is 0.0971. The van der Waals surface area contributed by atoms with Crippen LogP contribution in [0, 0.1) is 0 Å². The fourth-order valence-electron chi connectivity index (χ4n) is 2.01. The van der Waals surface area contributed by atoms with Gasteiger partial charge in [0.05, 0.1) is 11.3 Å². The Morgan fingerprint density at radius 3 is 2.88 bits per heavy atom. The standard InChI is InChI=1S/C13H11N3O/c17-12-6-3-5-10-9(12)8-15-13(16-10)11-4-1-2-7-14-11/h1-2,4,7-8H,3,5-6H2. The maximum absolute atomic E-state index is 11.6. The molecule has 4 nitrogen and oxygen atoms in total. The van der Waals surface area contributed by atoms with Gasteiger partial charge in [0.15, 0.2) is 11.6 Å². The molecule has 0 saturated carbocycles. The first-order chi connectivity index (χ1) is 8.34. The molecule has 4 heteroatoms. The lowest BCUT2D eigenvalue weighted by atomic mass is 9.96. The first-order valence-corrected chi connectivity index (χ1v) is 5.65. The smallest absolute Gasteiger partial charge is 0.178 e. The van der Waals surface area contributed by atoms with Crippen molar-refractivity contribution in [3.63, 3.8) is 0 Å². The number of aryl methyl sites for hydroxylation is 1. The van der Waals surface area contributed by atoms with Gasteiger partial charge in [-0.2, -0.15) is 0 Å². The van der Waals surface area contributed by atoms with E-state index in [0.717, 1.165) is 24.2 Å². The molecule has 2 aromatic heterocycles. The average Bonchev–Trinajstić information content (AvgIpc) is 2.40. The third-order valence-electron chi connectivity index (χ3n) is 2.88. The van der Waals surface area contributed by atoms with Gasteiger partial charge in [0.25, 0.3) is 0 Å². The molecule has 3 rings (SSSR count). The molecule has 0 amide bonds. The van der Waals surface area contributed by atoms with Gasteiger partial charge in [0.1, 0.15) is 5.69 Å².